The molecule has 0 atom stereocenters. The van der Waals surface area contributed by atoms with Gasteiger partial charge in [0.05, 0.1) is 13.2 Å². The number of aryl methyl sites for hydroxylation is 1. The SMILES string of the molecule is CCc1cc(-c2ccc(F)cc2)c(OCc2ccccc2)cc1OCCCOc1ccccc1CC(C)(C)c1nn[nH]n1. The van der Waals surface area contributed by atoms with Crippen molar-refractivity contribution < 1.29 is 18.6 Å². The molecular formula is C35H37FN4O3. The van der Waals surface area contributed by atoms with Crippen molar-refractivity contribution in [2.45, 2.75) is 52.1 Å². The second kappa shape index (κ2) is 14.0. The molecule has 0 aliphatic heterocycles. The number of para-hydroxylation sites is 1. The minimum atomic E-state index is -0.299. The highest BCUT2D eigenvalue weighted by Crippen LogP contribution is 2.37. The van der Waals surface area contributed by atoms with Crippen molar-refractivity contribution in [3.8, 4) is 28.4 Å². The van der Waals surface area contributed by atoms with Gasteiger partial charge in [0.15, 0.2) is 5.82 Å². The molecule has 0 aliphatic carbocycles. The molecule has 0 bridgehead atoms. The predicted octanol–water partition coefficient (Wildman–Crippen LogP) is 7.52. The number of ether oxygens (including phenoxy) is 3. The molecule has 1 heterocycles. The molecule has 8 heteroatoms. The Kier molecular flexibility index (Phi) is 9.66. The molecule has 222 valence electrons. The van der Waals surface area contributed by atoms with Gasteiger partial charge in [-0.15, -0.1) is 10.2 Å². The maximum absolute atomic E-state index is 13.7. The lowest BCUT2D eigenvalue weighted by Gasteiger charge is -2.22. The average Bonchev–Trinajstić information content (AvgIpc) is 3.58. The van der Waals surface area contributed by atoms with Gasteiger partial charge in [-0.05, 0) is 59.4 Å². The number of benzene rings is 4. The second-order valence-corrected chi connectivity index (χ2v) is 11.0. The number of hydrogen-bond acceptors (Lipinski definition) is 6. The molecule has 0 fully saturated rings. The number of tetrazole rings is 1. The zero-order valence-electron chi connectivity index (χ0n) is 24.8. The van der Waals surface area contributed by atoms with Crippen LogP contribution in [0.2, 0.25) is 0 Å². The fourth-order valence-corrected chi connectivity index (χ4v) is 4.94. The second-order valence-electron chi connectivity index (χ2n) is 11.0. The fraction of sp³-hybridized carbons (Fsp3) is 0.286. The number of H-pyrrole nitrogens is 1. The third-order valence-electron chi connectivity index (χ3n) is 7.30. The first kappa shape index (κ1) is 29.8. The molecular weight excluding hydrogens is 543 g/mol. The summed E-state index contributed by atoms with van der Waals surface area (Å²) in [6, 6.07) is 28.6. The van der Waals surface area contributed by atoms with E-state index in [1.165, 1.54) is 12.1 Å². The summed E-state index contributed by atoms with van der Waals surface area (Å²) in [5.74, 6) is 2.70. The normalized spacial score (nSPS) is 11.3. The van der Waals surface area contributed by atoms with Gasteiger partial charge in [-0.2, -0.15) is 5.21 Å². The Balaban J connectivity index is 1.25. The molecule has 1 N–H and O–H groups in total. The first-order valence-electron chi connectivity index (χ1n) is 14.6. The van der Waals surface area contributed by atoms with E-state index < -0.39 is 0 Å². The van der Waals surface area contributed by atoms with Gasteiger partial charge in [-0.25, -0.2) is 4.39 Å². The summed E-state index contributed by atoms with van der Waals surface area (Å²) >= 11 is 0. The molecule has 0 aliphatic rings. The van der Waals surface area contributed by atoms with Crippen LogP contribution in [0.5, 0.6) is 17.2 Å². The molecule has 0 saturated heterocycles. The van der Waals surface area contributed by atoms with Crippen LogP contribution in [0.25, 0.3) is 11.1 Å². The summed E-state index contributed by atoms with van der Waals surface area (Å²) in [6.07, 6.45) is 2.19. The van der Waals surface area contributed by atoms with Crippen LogP contribution in [-0.2, 0) is 24.9 Å². The van der Waals surface area contributed by atoms with E-state index in [9.17, 15) is 4.39 Å². The van der Waals surface area contributed by atoms with Gasteiger partial charge in [-0.1, -0.05) is 86.6 Å². The number of aromatic nitrogens is 4. The van der Waals surface area contributed by atoms with E-state index in [0.29, 0.717) is 44.2 Å². The lowest BCUT2D eigenvalue weighted by atomic mass is 9.85. The van der Waals surface area contributed by atoms with E-state index in [2.05, 4.69) is 53.5 Å². The molecule has 0 amide bonds. The molecule has 5 rings (SSSR count). The Labute approximate surface area is 252 Å². The topological polar surface area (TPSA) is 82.1 Å². The molecule has 0 spiro atoms. The molecule has 7 nitrogen and oxygen atoms in total. The van der Waals surface area contributed by atoms with Gasteiger partial charge in [-0.3, -0.25) is 0 Å². The van der Waals surface area contributed by atoms with Crippen LogP contribution in [0.4, 0.5) is 4.39 Å². The first-order valence-corrected chi connectivity index (χ1v) is 14.6. The van der Waals surface area contributed by atoms with Crippen LogP contribution in [-0.4, -0.2) is 33.8 Å². The summed E-state index contributed by atoms with van der Waals surface area (Å²) in [5.41, 5.74) is 4.70. The Hall–Kier alpha value is -4.72. The van der Waals surface area contributed by atoms with Crippen LogP contribution < -0.4 is 14.2 Å². The maximum Gasteiger partial charge on any atom is 0.180 e. The van der Waals surface area contributed by atoms with Gasteiger partial charge in [0.1, 0.15) is 29.7 Å². The minimum absolute atomic E-state index is 0.272. The summed E-state index contributed by atoms with van der Waals surface area (Å²) in [4.78, 5) is 0. The van der Waals surface area contributed by atoms with Gasteiger partial charge in [0.25, 0.3) is 0 Å². The standard InChI is InChI=1S/C35H37FN4O3/c1-4-26-21-30(27-15-17-29(36)18-16-27)33(43-24-25-11-6-5-7-12-25)22-32(26)42-20-10-19-41-31-14-9-8-13-28(31)23-35(2,3)34-37-39-40-38-34/h5-9,11-18,21-22H,4,10,19-20,23-24H2,1-3H3,(H,37,38,39,40). The van der Waals surface area contributed by atoms with Gasteiger partial charge in [0, 0.05) is 23.5 Å². The van der Waals surface area contributed by atoms with Crippen molar-refractivity contribution in [3.63, 3.8) is 0 Å². The molecule has 1 aromatic heterocycles. The van der Waals surface area contributed by atoms with E-state index in [1.807, 2.05) is 54.6 Å². The molecule has 0 radical (unpaired) electrons. The third-order valence-corrected chi connectivity index (χ3v) is 7.30. The van der Waals surface area contributed by atoms with E-state index in [4.69, 9.17) is 14.2 Å². The zero-order valence-corrected chi connectivity index (χ0v) is 24.8. The zero-order chi connectivity index (χ0) is 30.1. The summed E-state index contributed by atoms with van der Waals surface area (Å²) < 4.78 is 32.4. The van der Waals surface area contributed by atoms with Crippen LogP contribution in [0, 0.1) is 5.82 Å². The Morgan fingerprint density at radius 1 is 0.767 bits per heavy atom. The van der Waals surface area contributed by atoms with E-state index in [-0.39, 0.29) is 11.2 Å². The number of nitrogens with zero attached hydrogens (tertiary/aromatic N) is 3. The summed E-state index contributed by atoms with van der Waals surface area (Å²) in [5, 5.41) is 14.6. The van der Waals surface area contributed by atoms with Crippen molar-refractivity contribution >= 4 is 0 Å². The quantitative estimate of drug-likeness (QED) is 0.137. The monoisotopic (exact) mass is 580 g/mol. The lowest BCUT2D eigenvalue weighted by Crippen LogP contribution is -2.23. The van der Waals surface area contributed by atoms with Gasteiger partial charge >= 0.3 is 0 Å². The van der Waals surface area contributed by atoms with Crippen molar-refractivity contribution in [3.05, 3.63) is 119 Å². The number of aromatic amines is 1. The first-order chi connectivity index (χ1) is 20.9. The Bertz CT molecular complexity index is 1590. The molecule has 5 aromatic rings. The van der Waals surface area contributed by atoms with Crippen molar-refractivity contribution in [2.24, 2.45) is 0 Å². The molecule has 0 saturated carbocycles. The maximum atomic E-state index is 13.7. The highest BCUT2D eigenvalue weighted by atomic mass is 19.1. The van der Waals surface area contributed by atoms with Gasteiger partial charge < -0.3 is 14.2 Å². The highest BCUT2D eigenvalue weighted by molar-refractivity contribution is 5.73. The van der Waals surface area contributed by atoms with Crippen LogP contribution in [0.3, 0.4) is 0 Å². The Morgan fingerprint density at radius 2 is 1.49 bits per heavy atom. The third kappa shape index (κ3) is 7.77. The lowest BCUT2D eigenvalue weighted by molar-refractivity contribution is 0.242. The number of halogens is 1. The van der Waals surface area contributed by atoms with Crippen molar-refractivity contribution in [1.82, 2.24) is 20.6 Å². The molecule has 0 unspecified atom stereocenters. The predicted molar refractivity (Wildman–Crippen MR) is 165 cm³/mol. The number of nitrogens with one attached hydrogen (secondary N) is 1. The Morgan fingerprint density at radius 3 is 2.21 bits per heavy atom. The number of rotatable bonds is 14. The number of hydrogen-bond donors (Lipinski definition) is 1. The molecule has 4 aromatic carbocycles. The van der Waals surface area contributed by atoms with Gasteiger partial charge in [0.2, 0.25) is 0 Å². The minimum Gasteiger partial charge on any atom is -0.493 e. The largest absolute Gasteiger partial charge is 0.493 e. The summed E-state index contributed by atoms with van der Waals surface area (Å²) in [7, 11) is 0. The van der Waals surface area contributed by atoms with E-state index in [1.54, 1.807) is 12.1 Å². The van der Waals surface area contributed by atoms with Crippen LogP contribution >= 0.6 is 0 Å². The smallest absolute Gasteiger partial charge is 0.180 e. The van der Waals surface area contributed by atoms with Crippen LogP contribution in [0.1, 0.15) is 49.7 Å². The fourth-order valence-electron chi connectivity index (χ4n) is 4.94. The van der Waals surface area contributed by atoms with Crippen LogP contribution in [0.15, 0.2) is 91.0 Å². The molecule has 43 heavy (non-hydrogen) atoms. The van der Waals surface area contributed by atoms with E-state index >= 15 is 0 Å². The summed E-state index contributed by atoms with van der Waals surface area (Å²) in [6.45, 7) is 7.68. The van der Waals surface area contributed by atoms with E-state index in [0.717, 1.165) is 45.7 Å². The van der Waals surface area contributed by atoms with Crippen molar-refractivity contribution in [1.29, 1.82) is 0 Å². The highest BCUT2D eigenvalue weighted by Gasteiger charge is 2.27. The average molecular weight is 581 g/mol. The van der Waals surface area contributed by atoms with Crippen molar-refractivity contribution in [2.75, 3.05) is 13.2 Å².